The van der Waals surface area contributed by atoms with E-state index in [0.717, 1.165) is 44.8 Å². The number of carbonyl (C=O) groups excluding carboxylic acids is 3. The fourth-order valence-corrected chi connectivity index (χ4v) is 6.06. The van der Waals surface area contributed by atoms with Crippen LogP contribution in [0.1, 0.15) is 47.8 Å². The van der Waals surface area contributed by atoms with E-state index in [2.05, 4.69) is 77.8 Å². The Morgan fingerprint density at radius 3 is 1.39 bits per heavy atom. The van der Waals surface area contributed by atoms with Gasteiger partial charge in [0.15, 0.2) is 0 Å². The molecule has 0 atom stereocenters. The van der Waals surface area contributed by atoms with Crippen molar-refractivity contribution in [3.05, 3.63) is 178 Å². The van der Waals surface area contributed by atoms with Crippen molar-refractivity contribution in [1.29, 1.82) is 0 Å². The highest BCUT2D eigenvalue weighted by molar-refractivity contribution is 6.31. The van der Waals surface area contributed by atoms with Crippen molar-refractivity contribution >= 4 is 46.4 Å². The molecule has 64 heavy (non-hydrogen) atoms. The maximum absolute atomic E-state index is 12.2. The van der Waals surface area contributed by atoms with Crippen LogP contribution in [-0.2, 0) is 0 Å². The van der Waals surface area contributed by atoms with Gasteiger partial charge in [0, 0.05) is 55.5 Å². The summed E-state index contributed by atoms with van der Waals surface area (Å²) in [7, 11) is 0. The molecular formula is C45H38ClN15O3. The van der Waals surface area contributed by atoms with Gasteiger partial charge in [-0.15, -0.1) is 30.6 Å². The molecule has 3 amide bonds. The third-order valence-corrected chi connectivity index (χ3v) is 9.75. The fourth-order valence-electron chi connectivity index (χ4n) is 5.88. The molecule has 0 aliphatic carbocycles. The quantitative estimate of drug-likeness (QED) is 0.0809. The van der Waals surface area contributed by atoms with E-state index in [1.165, 1.54) is 0 Å². The second-order valence-corrected chi connectivity index (χ2v) is 14.4. The van der Waals surface area contributed by atoms with Crippen molar-refractivity contribution in [1.82, 2.24) is 61.9 Å². The Bertz CT molecular complexity index is 2930. The third-order valence-electron chi connectivity index (χ3n) is 9.35. The van der Waals surface area contributed by atoms with Crippen LogP contribution in [0.4, 0.5) is 17.1 Å². The summed E-state index contributed by atoms with van der Waals surface area (Å²) in [5.74, 6) is 0.988. The Kier molecular flexibility index (Phi) is 14.0. The number of H-pyrrole nitrogens is 3. The molecule has 19 heteroatoms. The van der Waals surface area contributed by atoms with Crippen LogP contribution in [0.15, 0.2) is 140 Å². The number of rotatable bonds is 9. The van der Waals surface area contributed by atoms with Crippen LogP contribution in [0, 0.1) is 20.8 Å². The number of tetrazole rings is 3. The average molecular weight is 872 g/mol. The molecule has 18 nitrogen and oxygen atoms in total. The Morgan fingerprint density at radius 2 is 0.906 bits per heavy atom. The van der Waals surface area contributed by atoms with Gasteiger partial charge in [0.25, 0.3) is 17.7 Å². The summed E-state index contributed by atoms with van der Waals surface area (Å²) < 4.78 is 0. The second-order valence-electron chi connectivity index (χ2n) is 13.9. The molecule has 0 spiro atoms. The van der Waals surface area contributed by atoms with E-state index in [4.69, 9.17) is 11.6 Å². The lowest BCUT2D eigenvalue weighted by atomic mass is 10.0. The van der Waals surface area contributed by atoms with Gasteiger partial charge in [-0.05, 0) is 126 Å². The second kappa shape index (κ2) is 20.7. The van der Waals surface area contributed by atoms with E-state index >= 15 is 0 Å². The van der Waals surface area contributed by atoms with Gasteiger partial charge in [0.05, 0.1) is 0 Å². The molecule has 0 aliphatic heterocycles. The standard InChI is InChI=1S/C15H12ClN5O.2C15H13N5O/c1-9-2-7-12(8-13(9)16)17-15(22)11-5-3-10(4-6-11)14-18-20-21-19-14;1-10-2-8-13(9-3-10)16-15(21)12-6-4-11(5-7-12)14-17-19-20-18-14;1-10-9-11(7-8-13(10)14-17-19-20-18-14)15(21)16-12-5-3-2-4-6-12/h2-8H,1H3,(H,17,22)(H,18,19,20,21);2*2-9H,1H3,(H,16,21)(H,17,18,19,20). The maximum atomic E-state index is 12.2. The van der Waals surface area contributed by atoms with Crippen molar-refractivity contribution in [2.75, 3.05) is 16.0 Å². The smallest absolute Gasteiger partial charge is 0.255 e. The number of nitrogens with zero attached hydrogens (tertiary/aromatic N) is 9. The molecule has 3 heterocycles. The molecule has 0 saturated heterocycles. The van der Waals surface area contributed by atoms with Crippen molar-refractivity contribution in [3.8, 4) is 34.2 Å². The summed E-state index contributed by atoms with van der Waals surface area (Å²) >= 11 is 6.05. The minimum Gasteiger partial charge on any atom is -0.322 e. The van der Waals surface area contributed by atoms with Crippen molar-refractivity contribution in [3.63, 3.8) is 0 Å². The zero-order chi connectivity index (χ0) is 44.8. The van der Waals surface area contributed by atoms with E-state index < -0.39 is 0 Å². The number of carbonyl (C=O) groups is 3. The van der Waals surface area contributed by atoms with Crippen molar-refractivity contribution in [2.45, 2.75) is 20.8 Å². The van der Waals surface area contributed by atoms with Crippen LogP contribution in [0.2, 0.25) is 5.02 Å². The van der Waals surface area contributed by atoms with Crippen LogP contribution in [0.3, 0.4) is 0 Å². The van der Waals surface area contributed by atoms with Crippen LogP contribution in [0.5, 0.6) is 0 Å². The minimum atomic E-state index is -0.209. The summed E-state index contributed by atoms with van der Waals surface area (Å²) in [6.45, 7) is 5.82. The van der Waals surface area contributed by atoms with Gasteiger partial charge in [0.2, 0.25) is 17.5 Å². The summed E-state index contributed by atoms with van der Waals surface area (Å²) in [4.78, 5) is 36.5. The predicted molar refractivity (Wildman–Crippen MR) is 241 cm³/mol. The number of hydrogen-bond acceptors (Lipinski definition) is 12. The summed E-state index contributed by atoms with van der Waals surface area (Å²) in [5, 5.41) is 50.3. The number of hydrogen-bond donors (Lipinski definition) is 6. The van der Waals surface area contributed by atoms with E-state index in [-0.39, 0.29) is 17.7 Å². The molecule has 0 aliphatic rings. The highest BCUT2D eigenvalue weighted by Crippen LogP contribution is 2.23. The molecule has 0 saturated carbocycles. The Hall–Kier alpha value is -8.77. The van der Waals surface area contributed by atoms with Crippen molar-refractivity contribution in [2.24, 2.45) is 0 Å². The predicted octanol–water partition coefficient (Wildman–Crippen LogP) is 7.94. The number of nitrogens with one attached hydrogen (secondary N) is 6. The molecule has 0 radical (unpaired) electrons. The minimum absolute atomic E-state index is 0.149. The van der Waals surface area contributed by atoms with E-state index in [1.807, 2.05) is 99.6 Å². The van der Waals surface area contributed by atoms with Crippen LogP contribution in [0.25, 0.3) is 34.2 Å². The number of anilines is 3. The molecule has 9 rings (SSSR count). The zero-order valence-electron chi connectivity index (χ0n) is 34.4. The lowest BCUT2D eigenvalue weighted by Gasteiger charge is -2.07. The number of para-hydroxylation sites is 1. The first kappa shape index (κ1) is 43.3. The van der Waals surface area contributed by atoms with Gasteiger partial charge >= 0.3 is 0 Å². The van der Waals surface area contributed by atoms with Gasteiger partial charge in [-0.3, -0.25) is 14.4 Å². The Morgan fingerprint density at radius 1 is 0.453 bits per heavy atom. The first-order valence-corrected chi connectivity index (χ1v) is 19.8. The van der Waals surface area contributed by atoms with Gasteiger partial charge in [-0.1, -0.05) is 77.8 Å². The zero-order valence-corrected chi connectivity index (χ0v) is 35.2. The van der Waals surface area contributed by atoms with Gasteiger partial charge in [-0.2, -0.15) is 15.6 Å². The average Bonchev–Trinajstić information content (AvgIpc) is 4.16. The van der Waals surface area contributed by atoms with Crippen LogP contribution >= 0.6 is 11.6 Å². The fraction of sp³-hybridized carbons (Fsp3) is 0.0667. The van der Waals surface area contributed by atoms with Gasteiger partial charge in [0.1, 0.15) is 0 Å². The number of aromatic nitrogens is 12. The molecule has 6 N–H and O–H groups in total. The lowest BCUT2D eigenvalue weighted by molar-refractivity contribution is 0.101. The topological polar surface area (TPSA) is 251 Å². The molecule has 0 fully saturated rings. The van der Waals surface area contributed by atoms with E-state index in [9.17, 15) is 14.4 Å². The molecule has 6 aromatic carbocycles. The Labute approximate surface area is 370 Å². The number of aryl methyl sites for hydroxylation is 3. The molecule has 0 unspecified atom stereocenters. The normalized spacial score (nSPS) is 10.4. The van der Waals surface area contributed by atoms with E-state index in [0.29, 0.717) is 44.9 Å². The number of aromatic amines is 3. The van der Waals surface area contributed by atoms with Gasteiger partial charge in [-0.25, -0.2) is 0 Å². The third kappa shape index (κ3) is 11.5. The summed E-state index contributed by atoms with van der Waals surface area (Å²) in [6.07, 6.45) is 0. The van der Waals surface area contributed by atoms with E-state index in [1.54, 1.807) is 60.7 Å². The van der Waals surface area contributed by atoms with Gasteiger partial charge < -0.3 is 16.0 Å². The van der Waals surface area contributed by atoms with Crippen molar-refractivity contribution < 1.29 is 14.4 Å². The molecule has 0 bridgehead atoms. The highest BCUT2D eigenvalue weighted by atomic mass is 35.5. The molecule has 9 aromatic rings. The first-order chi connectivity index (χ1) is 31.1. The molecular weight excluding hydrogens is 834 g/mol. The molecule has 318 valence electrons. The Balaban J connectivity index is 0.000000144. The van der Waals surface area contributed by atoms with Crippen LogP contribution < -0.4 is 16.0 Å². The number of amides is 3. The number of benzene rings is 6. The SMILES string of the molecule is Cc1cc(C(=O)Nc2ccccc2)ccc1-c1nn[nH]n1.Cc1ccc(NC(=O)c2ccc(-c3nn[nH]n3)cc2)cc1.Cc1ccc(NC(=O)c2ccc(-c3nn[nH]n3)cc2)cc1Cl. The maximum Gasteiger partial charge on any atom is 0.255 e. The lowest BCUT2D eigenvalue weighted by Crippen LogP contribution is -2.12. The summed E-state index contributed by atoms with van der Waals surface area (Å²) in [6, 6.07) is 41.8. The number of halogens is 1. The monoisotopic (exact) mass is 871 g/mol. The summed E-state index contributed by atoms with van der Waals surface area (Å²) in [5.41, 5.74) is 9.34. The largest absolute Gasteiger partial charge is 0.322 e. The molecule has 3 aromatic heterocycles. The highest BCUT2D eigenvalue weighted by Gasteiger charge is 2.13. The van der Waals surface area contributed by atoms with Crippen LogP contribution in [-0.4, -0.2) is 79.6 Å². The first-order valence-electron chi connectivity index (χ1n) is 19.4.